The molecule has 0 aliphatic heterocycles. The van der Waals surface area contributed by atoms with Gasteiger partial charge in [0.25, 0.3) is 0 Å². The second-order valence-electron chi connectivity index (χ2n) is 12.6. The number of oxime groups is 1. The predicted molar refractivity (Wildman–Crippen MR) is 139 cm³/mol. The number of nitrogens with zero attached hydrogens (tertiary/aromatic N) is 1. The number of fused-ring (bicyclic) bond motifs is 5. The zero-order chi connectivity index (χ0) is 23.3. The van der Waals surface area contributed by atoms with E-state index in [1.807, 2.05) is 6.07 Å². The second-order valence-corrected chi connectivity index (χ2v) is 17.1. The van der Waals surface area contributed by atoms with Gasteiger partial charge in [0.05, 0.1) is 5.71 Å². The van der Waals surface area contributed by atoms with E-state index in [2.05, 4.69) is 63.8 Å². The van der Waals surface area contributed by atoms with E-state index in [0.29, 0.717) is 18.1 Å². The average molecular weight is 466 g/mol. The standard InChI is InChI=1S/C29H43NO2Si/c1-28-17-15-23(32-33(3,4)5)19-22(28)11-12-24-25-13-14-27(29(25,2)18-16-26(24)28)30-31-20-21-9-7-6-8-10-21/h6-11,23-26H,12-20H2,1-5H3/b30-27+. The van der Waals surface area contributed by atoms with E-state index in [1.54, 1.807) is 5.57 Å². The van der Waals surface area contributed by atoms with Crippen LogP contribution in [0.25, 0.3) is 0 Å². The van der Waals surface area contributed by atoms with Crippen molar-refractivity contribution < 1.29 is 9.26 Å². The van der Waals surface area contributed by atoms with Gasteiger partial charge in [-0.3, -0.25) is 0 Å². The highest BCUT2D eigenvalue weighted by molar-refractivity contribution is 6.69. The van der Waals surface area contributed by atoms with Crippen molar-refractivity contribution in [3.63, 3.8) is 0 Å². The summed E-state index contributed by atoms with van der Waals surface area (Å²) in [6, 6.07) is 10.4. The van der Waals surface area contributed by atoms with Crippen molar-refractivity contribution in [1.29, 1.82) is 0 Å². The van der Waals surface area contributed by atoms with Crippen molar-refractivity contribution >= 4 is 14.0 Å². The lowest BCUT2D eigenvalue weighted by molar-refractivity contribution is -0.0197. The summed E-state index contributed by atoms with van der Waals surface area (Å²) < 4.78 is 6.55. The smallest absolute Gasteiger partial charge is 0.184 e. The third-order valence-corrected chi connectivity index (χ3v) is 10.6. The topological polar surface area (TPSA) is 30.8 Å². The molecule has 5 rings (SSSR count). The van der Waals surface area contributed by atoms with Crippen molar-refractivity contribution in [3.8, 4) is 0 Å². The Balaban J connectivity index is 1.30. The Bertz CT molecular complexity index is 919. The van der Waals surface area contributed by atoms with Crippen molar-refractivity contribution in [1.82, 2.24) is 0 Å². The van der Waals surface area contributed by atoms with Crippen LogP contribution >= 0.6 is 0 Å². The Hall–Kier alpha value is -1.39. The minimum atomic E-state index is -1.48. The number of allylic oxidation sites excluding steroid dienone is 1. The van der Waals surface area contributed by atoms with Crippen LogP contribution in [0.4, 0.5) is 0 Å². The molecule has 6 atom stereocenters. The molecule has 180 valence electrons. The fraction of sp³-hybridized carbons (Fsp3) is 0.690. The molecule has 4 aliphatic rings. The molecular weight excluding hydrogens is 422 g/mol. The van der Waals surface area contributed by atoms with Gasteiger partial charge in [0, 0.05) is 11.5 Å². The molecular formula is C29H43NO2Si. The van der Waals surface area contributed by atoms with Gasteiger partial charge in [-0.15, -0.1) is 0 Å². The predicted octanol–water partition coefficient (Wildman–Crippen LogP) is 7.74. The van der Waals surface area contributed by atoms with Crippen molar-refractivity contribution in [2.24, 2.45) is 33.7 Å². The van der Waals surface area contributed by atoms with E-state index in [4.69, 9.17) is 14.4 Å². The number of benzene rings is 1. The summed E-state index contributed by atoms with van der Waals surface area (Å²) in [4.78, 5) is 5.88. The van der Waals surface area contributed by atoms with E-state index in [-0.39, 0.29) is 5.41 Å². The van der Waals surface area contributed by atoms with E-state index >= 15 is 0 Å². The van der Waals surface area contributed by atoms with Crippen LogP contribution in [0.2, 0.25) is 19.6 Å². The molecule has 1 aromatic carbocycles. The van der Waals surface area contributed by atoms with E-state index in [9.17, 15) is 0 Å². The molecule has 1 aromatic rings. The SMILES string of the molecule is CC12CCC(O[Si](C)(C)C)CC1=CCC1C2CCC2(C)/C(=N/OCc3ccccc3)CCC12. The number of hydrogen-bond acceptors (Lipinski definition) is 3. The summed E-state index contributed by atoms with van der Waals surface area (Å²) >= 11 is 0. The second kappa shape index (κ2) is 8.68. The first-order valence-corrected chi connectivity index (χ1v) is 16.7. The Morgan fingerprint density at radius 3 is 2.45 bits per heavy atom. The van der Waals surface area contributed by atoms with E-state index in [1.165, 1.54) is 56.2 Å². The summed E-state index contributed by atoms with van der Waals surface area (Å²) in [6.07, 6.45) is 13.1. The quantitative estimate of drug-likeness (QED) is 0.253. The molecule has 0 radical (unpaired) electrons. The Labute approximate surface area is 202 Å². The summed E-state index contributed by atoms with van der Waals surface area (Å²) in [5, 5.41) is 4.74. The van der Waals surface area contributed by atoms with Crippen molar-refractivity contribution in [3.05, 3.63) is 47.5 Å². The Morgan fingerprint density at radius 1 is 0.970 bits per heavy atom. The van der Waals surface area contributed by atoms with Gasteiger partial charge in [0.15, 0.2) is 8.32 Å². The Kier molecular flexibility index (Phi) is 6.14. The summed E-state index contributed by atoms with van der Waals surface area (Å²) in [7, 11) is -1.48. The third kappa shape index (κ3) is 4.38. The van der Waals surface area contributed by atoms with Gasteiger partial charge in [-0.2, -0.15) is 0 Å². The first-order chi connectivity index (χ1) is 15.7. The monoisotopic (exact) mass is 465 g/mol. The largest absolute Gasteiger partial charge is 0.414 e. The van der Waals surface area contributed by atoms with Gasteiger partial charge in [-0.25, -0.2) is 0 Å². The fourth-order valence-electron chi connectivity index (χ4n) is 7.93. The van der Waals surface area contributed by atoms with Crippen LogP contribution in [0.3, 0.4) is 0 Å². The molecule has 0 amide bonds. The molecule has 33 heavy (non-hydrogen) atoms. The molecule has 0 bridgehead atoms. The zero-order valence-corrected chi connectivity index (χ0v) is 22.4. The van der Waals surface area contributed by atoms with Gasteiger partial charge < -0.3 is 9.26 Å². The maximum Gasteiger partial charge on any atom is 0.184 e. The molecule has 0 aromatic heterocycles. The van der Waals surface area contributed by atoms with Gasteiger partial charge >= 0.3 is 0 Å². The van der Waals surface area contributed by atoms with Gasteiger partial charge in [0.2, 0.25) is 0 Å². The molecule has 3 fully saturated rings. The first kappa shape index (κ1) is 23.4. The molecule has 4 aliphatic carbocycles. The highest BCUT2D eigenvalue weighted by Gasteiger charge is 2.58. The molecule has 6 unspecified atom stereocenters. The maximum atomic E-state index is 6.55. The van der Waals surface area contributed by atoms with Crippen molar-refractivity contribution in [2.75, 3.05) is 0 Å². The maximum absolute atomic E-state index is 6.55. The van der Waals surface area contributed by atoms with Gasteiger partial charge in [0.1, 0.15) is 6.61 Å². The lowest BCUT2D eigenvalue weighted by atomic mass is 9.48. The lowest BCUT2D eigenvalue weighted by Crippen LogP contribution is -2.51. The fourth-order valence-corrected chi connectivity index (χ4v) is 9.13. The molecule has 3 nitrogen and oxygen atoms in total. The van der Waals surface area contributed by atoms with Crippen LogP contribution in [0.5, 0.6) is 0 Å². The van der Waals surface area contributed by atoms with Gasteiger partial charge in [-0.05, 0) is 99.7 Å². The lowest BCUT2D eigenvalue weighted by Gasteiger charge is -2.57. The first-order valence-electron chi connectivity index (χ1n) is 13.3. The third-order valence-electron chi connectivity index (χ3n) is 9.57. The summed E-state index contributed by atoms with van der Waals surface area (Å²) in [6.45, 7) is 12.6. The molecule has 4 heteroatoms. The van der Waals surface area contributed by atoms with Gasteiger partial charge in [-0.1, -0.05) is 61.0 Å². The number of hydrogen-bond donors (Lipinski definition) is 0. The highest BCUT2D eigenvalue weighted by atomic mass is 28.4. The van der Waals surface area contributed by atoms with Crippen LogP contribution in [0, 0.1) is 28.6 Å². The zero-order valence-electron chi connectivity index (χ0n) is 21.4. The molecule has 0 spiro atoms. The van der Waals surface area contributed by atoms with Crippen LogP contribution in [-0.2, 0) is 15.9 Å². The minimum absolute atomic E-state index is 0.220. The molecule has 0 N–H and O–H groups in total. The Morgan fingerprint density at radius 2 is 1.70 bits per heavy atom. The van der Waals surface area contributed by atoms with Crippen LogP contribution in [-0.4, -0.2) is 20.1 Å². The number of rotatable bonds is 5. The van der Waals surface area contributed by atoms with Crippen LogP contribution < -0.4 is 0 Å². The molecule has 3 saturated carbocycles. The summed E-state index contributed by atoms with van der Waals surface area (Å²) in [5.41, 5.74) is 4.84. The normalized spacial score (nSPS) is 39.4. The van der Waals surface area contributed by atoms with Crippen molar-refractivity contribution in [2.45, 2.75) is 97.6 Å². The van der Waals surface area contributed by atoms with Crippen LogP contribution in [0.1, 0.15) is 70.8 Å². The van der Waals surface area contributed by atoms with Crippen LogP contribution in [0.15, 0.2) is 47.1 Å². The molecule has 0 saturated heterocycles. The molecule has 0 heterocycles. The van der Waals surface area contributed by atoms with E-state index in [0.717, 1.165) is 24.2 Å². The minimum Gasteiger partial charge on any atom is -0.414 e. The average Bonchev–Trinajstić information content (AvgIpc) is 3.10. The summed E-state index contributed by atoms with van der Waals surface area (Å²) in [5.74, 6) is 2.38. The van der Waals surface area contributed by atoms with E-state index < -0.39 is 8.32 Å². The highest BCUT2D eigenvalue weighted by Crippen LogP contribution is 2.64.